The van der Waals surface area contributed by atoms with Crippen LogP contribution < -0.4 is 15.6 Å². The molecular weight excluding hydrogens is 384 g/mol. The third kappa shape index (κ3) is 4.71. The van der Waals surface area contributed by atoms with Gasteiger partial charge in [-0.3, -0.25) is 9.59 Å². The first-order valence-electron chi connectivity index (χ1n) is 8.63. The Bertz CT molecular complexity index is 970. The number of rotatable bonds is 6. The molecule has 9 nitrogen and oxygen atoms in total. The van der Waals surface area contributed by atoms with Crippen molar-refractivity contribution in [2.75, 3.05) is 31.6 Å². The first-order chi connectivity index (χ1) is 13.4. The van der Waals surface area contributed by atoms with E-state index >= 15 is 0 Å². The number of benzene rings is 1. The Labute approximate surface area is 162 Å². The summed E-state index contributed by atoms with van der Waals surface area (Å²) >= 11 is 0. The minimum absolute atomic E-state index is 0.0189. The van der Waals surface area contributed by atoms with Crippen molar-refractivity contribution in [2.24, 2.45) is 5.73 Å². The molecule has 148 valence electrons. The van der Waals surface area contributed by atoms with Crippen molar-refractivity contribution in [3.8, 4) is 0 Å². The molecule has 1 saturated heterocycles. The van der Waals surface area contributed by atoms with Crippen LogP contribution in [-0.4, -0.2) is 50.8 Å². The molecule has 28 heavy (non-hydrogen) atoms. The van der Waals surface area contributed by atoms with Crippen LogP contribution >= 0.6 is 0 Å². The van der Waals surface area contributed by atoms with Crippen LogP contribution in [0.4, 0.5) is 5.69 Å². The highest BCUT2D eigenvalue weighted by Crippen LogP contribution is 2.19. The lowest BCUT2D eigenvalue weighted by atomic mass is 10.2. The summed E-state index contributed by atoms with van der Waals surface area (Å²) in [5.74, 6) is -0.901. The third-order valence-corrected chi connectivity index (χ3v) is 6.13. The van der Waals surface area contributed by atoms with Gasteiger partial charge in [-0.1, -0.05) is 0 Å². The van der Waals surface area contributed by atoms with Gasteiger partial charge in [0.1, 0.15) is 5.56 Å². The number of amides is 2. The number of anilines is 1. The van der Waals surface area contributed by atoms with Crippen molar-refractivity contribution in [1.29, 1.82) is 0 Å². The molecule has 2 heterocycles. The predicted molar refractivity (Wildman–Crippen MR) is 99.8 cm³/mol. The fourth-order valence-corrected chi connectivity index (χ4v) is 4.19. The molecule has 2 aromatic rings. The largest absolute Gasteiger partial charge is 0.379 e. The van der Waals surface area contributed by atoms with Gasteiger partial charge in [0.15, 0.2) is 12.4 Å². The maximum Gasteiger partial charge on any atom is 0.290 e. The molecule has 1 aromatic carbocycles. The molecular formula is C18H21N4O5S+. The molecule has 1 aromatic heterocycles. The number of carbonyl (C=O) groups excluding carboxylic acids is 2. The molecule has 1 aliphatic heterocycles. The number of aromatic nitrogens is 1. The highest BCUT2D eigenvalue weighted by molar-refractivity contribution is 7.89. The molecule has 3 N–H and O–H groups in total. The lowest BCUT2D eigenvalue weighted by Crippen LogP contribution is -2.41. The molecule has 1 aliphatic rings. The van der Waals surface area contributed by atoms with E-state index in [4.69, 9.17) is 10.5 Å². The minimum atomic E-state index is -3.58. The summed E-state index contributed by atoms with van der Waals surface area (Å²) < 4.78 is 33.3. The number of nitrogens with one attached hydrogen (secondary N) is 1. The second-order valence-corrected chi connectivity index (χ2v) is 8.16. The number of morpholine rings is 1. The molecule has 0 atom stereocenters. The SMILES string of the molecule is NC(=O)c1ccc[n+](CC(=O)Nc2ccc(S(=O)(=O)N3CCOCC3)cc2)c1. The van der Waals surface area contributed by atoms with E-state index in [0.717, 1.165) is 0 Å². The smallest absolute Gasteiger partial charge is 0.290 e. The van der Waals surface area contributed by atoms with E-state index < -0.39 is 15.9 Å². The number of nitrogens with two attached hydrogens (primary N) is 1. The minimum Gasteiger partial charge on any atom is -0.379 e. The summed E-state index contributed by atoms with van der Waals surface area (Å²) in [5.41, 5.74) is 6.00. The molecule has 1 fully saturated rings. The van der Waals surface area contributed by atoms with Gasteiger partial charge in [0.05, 0.1) is 18.1 Å². The van der Waals surface area contributed by atoms with Crippen molar-refractivity contribution < 1.29 is 27.3 Å². The number of pyridine rings is 1. The Morgan fingerprint density at radius 3 is 2.46 bits per heavy atom. The van der Waals surface area contributed by atoms with E-state index in [-0.39, 0.29) is 17.3 Å². The molecule has 0 aliphatic carbocycles. The monoisotopic (exact) mass is 405 g/mol. The van der Waals surface area contributed by atoms with E-state index in [1.807, 2.05) is 0 Å². The van der Waals surface area contributed by atoms with Crippen molar-refractivity contribution in [3.05, 3.63) is 54.4 Å². The van der Waals surface area contributed by atoms with Crippen LogP contribution in [0.5, 0.6) is 0 Å². The normalized spacial score (nSPS) is 15.1. The fraction of sp³-hybridized carbons (Fsp3) is 0.278. The number of hydrogen-bond donors (Lipinski definition) is 2. The quantitative estimate of drug-likeness (QED) is 0.641. The van der Waals surface area contributed by atoms with Gasteiger partial charge in [-0.25, -0.2) is 8.42 Å². The predicted octanol–water partition coefficient (Wildman–Crippen LogP) is -0.267. The molecule has 0 spiro atoms. The van der Waals surface area contributed by atoms with Crippen LogP contribution in [0.1, 0.15) is 10.4 Å². The molecule has 10 heteroatoms. The molecule has 0 bridgehead atoms. The van der Waals surface area contributed by atoms with Crippen molar-refractivity contribution in [1.82, 2.24) is 4.31 Å². The Balaban J connectivity index is 1.64. The second kappa shape index (κ2) is 8.46. The van der Waals surface area contributed by atoms with Gasteiger partial charge in [-0.15, -0.1) is 0 Å². The van der Waals surface area contributed by atoms with Crippen molar-refractivity contribution in [3.63, 3.8) is 0 Å². The Hall–Kier alpha value is -2.82. The number of primary amides is 1. The summed E-state index contributed by atoms with van der Waals surface area (Å²) in [7, 11) is -3.58. The first-order valence-corrected chi connectivity index (χ1v) is 10.1. The maximum atomic E-state index is 12.6. The van der Waals surface area contributed by atoms with Crippen LogP contribution in [0.25, 0.3) is 0 Å². The van der Waals surface area contributed by atoms with Gasteiger partial charge >= 0.3 is 0 Å². The van der Waals surface area contributed by atoms with Gasteiger partial charge in [0.25, 0.3) is 11.8 Å². The Morgan fingerprint density at radius 1 is 1.14 bits per heavy atom. The fourth-order valence-electron chi connectivity index (χ4n) is 2.78. The highest BCUT2D eigenvalue weighted by atomic mass is 32.2. The van der Waals surface area contributed by atoms with Crippen molar-refractivity contribution in [2.45, 2.75) is 11.4 Å². The standard InChI is InChI=1S/C18H20N4O5S/c19-18(24)14-2-1-7-21(12-14)13-17(23)20-15-3-5-16(6-4-15)28(25,26)22-8-10-27-11-9-22/h1-7,12H,8-11,13H2,(H2-,19,20,23,24)/p+1. The average molecular weight is 405 g/mol. The zero-order valence-electron chi connectivity index (χ0n) is 15.1. The van der Waals surface area contributed by atoms with Gasteiger partial charge < -0.3 is 15.8 Å². The van der Waals surface area contributed by atoms with E-state index in [1.54, 1.807) is 18.3 Å². The number of carbonyl (C=O) groups is 2. The molecule has 2 amide bonds. The average Bonchev–Trinajstić information content (AvgIpc) is 2.69. The topological polar surface area (TPSA) is 123 Å². The number of nitrogens with zero attached hydrogens (tertiary/aromatic N) is 2. The van der Waals surface area contributed by atoms with Crippen LogP contribution in [0, 0.1) is 0 Å². The Kier molecular flexibility index (Phi) is 6.02. The van der Waals surface area contributed by atoms with Crippen LogP contribution in [0.2, 0.25) is 0 Å². The Morgan fingerprint density at radius 2 is 1.82 bits per heavy atom. The van der Waals surface area contributed by atoms with E-state index in [2.05, 4.69) is 5.32 Å². The summed E-state index contributed by atoms with van der Waals surface area (Å²) in [6, 6.07) is 9.18. The van der Waals surface area contributed by atoms with Gasteiger partial charge in [0.2, 0.25) is 16.6 Å². The van der Waals surface area contributed by atoms with E-state index in [1.165, 1.54) is 39.3 Å². The number of ether oxygens (including phenoxy) is 1. The first kappa shape index (κ1) is 19.9. The van der Waals surface area contributed by atoms with Crippen molar-refractivity contribution >= 4 is 27.5 Å². The van der Waals surface area contributed by atoms with Crippen LogP contribution in [0.3, 0.4) is 0 Å². The number of hydrogen-bond acceptors (Lipinski definition) is 5. The van der Waals surface area contributed by atoms with Gasteiger partial charge in [-0.05, 0) is 30.3 Å². The van der Waals surface area contributed by atoms with E-state index in [0.29, 0.717) is 37.6 Å². The zero-order valence-corrected chi connectivity index (χ0v) is 15.9. The second-order valence-electron chi connectivity index (χ2n) is 6.22. The third-order valence-electron chi connectivity index (χ3n) is 4.21. The lowest BCUT2D eigenvalue weighted by Gasteiger charge is -2.26. The molecule has 0 saturated carbocycles. The molecule has 0 unspecified atom stereocenters. The van der Waals surface area contributed by atoms with E-state index in [9.17, 15) is 18.0 Å². The van der Waals surface area contributed by atoms with Gasteiger partial charge in [-0.2, -0.15) is 8.87 Å². The number of sulfonamides is 1. The summed E-state index contributed by atoms with van der Waals surface area (Å²) in [6.45, 7) is 1.38. The molecule has 0 radical (unpaired) electrons. The lowest BCUT2D eigenvalue weighted by molar-refractivity contribution is -0.684. The highest BCUT2D eigenvalue weighted by Gasteiger charge is 2.26. The van der Waals surface area contributed by atoms with Crippen LogP contribution in [0.15, 0.2) is 53.7 Å². The summed E-state index contributed by atoms with van der Waals surface area (Å²) in [4.78, 5) is 23.6. The maximum absolute atomic E-state index is 12.6. The van der Waals surface area contributed by atoms with Gasteiger partial charge in [0, 0.05) is 24.8 Å². The summed E-state index contributed by atoms with van der Waals surface area (Å²) in [6.07, 6.45) is 3.13. The zero-order chi connectivity index (χ0) is 20.1. The molecule has 3 rings (SSSR count). The summed E-state index contributed by atoms with van der Waals surface area (Å²) in [5, 5.41) is 2.69. The van der Waals surface area contributed by atoms with Crippen LogP contribution in [-0.2, 0) is 26.1 Å².